The van der Waals surface area contributed by atoms with E-state index in [1.54, 1.807) is 71.3 Å². The summed E-state index contributed by atoms with van der Waals surface area (Å²) < 4.78 is 109. The third kappa shape index (κ3) is 31.0. The standard InChI is InChI=1S/C26H27N5O3.C26H27N4O6P.C20H18N4O2.C6H13O5P.C4H11NO4S.Na/c1-4-18-7-5-8-19(13-18)29-26-21-14-23(30-25(32)9-6-11-31(2)3)24(15-22(21)27-17-28-26)34-20-10-12-33-16-20;1-4-18-7-6-8-19(11-18)29-26-21-12-23(30-25(31)15-37(32,17-33-3)35-5-2)24(13-22(21)27-16-28-26)36-20-9-10-34-14-20;1-2-13-4-3-5-14(8-13)24-20-16-9-17(21)19(10-18(16)22-12-23-20)26-15-6-7-25-11-15;1-3-10-12(9,11-4-2)5-6(7)8;1-5(2)3-4(6)10(7,8)9;/h1,5-9,13-15,17,20H,10-12,16H2,2-3H3,(H,30,32)(H,27,28,29);1,7-8,11-13,16,20H,5,9-10,14-15,17H2,2-3H3,(H-,27,28,29,30,31);1,3-5,8-10,12,15H,6-7,11,21H2,(H,22,23,24);3-5H2,1-2H3,(H,7,8);4,6H,3H2,1-2H3,(H,7,8,9);/q;;;;;+1/b9-6+;;;;;/t20-;;;;;/m0...../s1. The fourth-order valence-electron chi connectivity index (χ4n) is 11.4. The second kappa shape index (κ2) is 48.2. The van der Waals surface area contributed by atoms with Crippen molar-refractivity contribution in [1.82, 2.24) is 39.7 Å². The van der Waals surface area contributed by atoms with Crippen LogP contribution in [0.4, 0.5) is 45.9 Å². The molecule has 5 aromatic carbocycles. The number of anilines is 8. The Balaban J connectivity index is 0.000000221. The van der Waals surface area contributed by atoms with Crippen LogP contribution < -0.4 is 76.1 Å². The minimum Gasteiger partial charge on any atom is -0.746 e. The van der Waals surface area contributed by atoms with Gasteiger partial charge in [-0.05, 0) is 104 Å². The quantitative estimate of drug-likeness (QED) is 0.00389. The summed E-state index contributed by atoms with van der Waals surface area (Å²) in [5.74, 6) is 9.23. The van der Waals surface area contributed by atoms with Crippen molar-refractivity contribution in [3.05, 3.63) is 163 Å². The van der Waals surface area contributed by atoms with E-state index in [4.69, 9.17) is 81.9 Å². The predicted octanol–water partition coefficient (Wildman–Crippen LogP) is 7.32. The van der Waals surface area contributed by atoms with Crippen LogP contribution in [-0.2, 0) is 66.2 Å². The number of allylic oxidation sites excluding steroid dienone is 5. The minimum atomic E-state index is -4.53. The van der Waals surface area contributed by atoms with Gasteiger partial charge in [-0.3, -0.25) is 28.8 Å². The van der Waals surface area contributed by atoms with E-state index in [1.807, 2.05) is 91.8 Å². The fraction of sp³-hybridized carbons (Fsp3) is 0.354. The summed E-state index contributed by atoms with van der Waals surface area (Å²) in [7, 11) is -2.81. The van der Waals surface area contributed by atoms with Crippen LogP contribution in [0.15, 0.2) is 146 Å². The number of aliphatic hydroxyl groups excluding tert-OH is 1. The van der Waals surface area contributed by atoms with Gasteiger partial charge in [0.25, 0.3) is 0 Å². The van der Waals surface area contributed by atoms with Crippen LogP contribution in [0.2, 0.25) is 0 Å². The predicted molar refractivity (Wildman–Crippen MR) is 453 cm³/mol. The number of methoxy groups -OCH3 is 1. The number of carbonyl (C=O) groups is 3. The average Bonchev–Trinajstić information content (AvgIpc) is 0.887. The Morgan fingerprint density at radius 2 is 1.14 bits per heavy atom. The Hall–Kier alpha value is -10.3. The van der Waals surface area contributed by atoms with Crippen molar-refractivity contribution in [2.24, 2.45) is 0 Å². The molecule has 0 radical (unpaired) electrons. The van der Waals surface area contributed by atoms with Crippen LogP contribution in [0.1, 0.15) is 51.2 Å². The largest absolute Gasteiger partial charge is 1.00 e. The third-order valence-corrected chi connectivity index (χ3v) is 21.7. The number of nitrogens with two attached hydrogens (primary N) is 1. The smallest absolute Gasteiger partial charge is 0.746 e. The van der Waals surface area contributed by atoms with Gasteiger partial charge in [-0.2, -0.15) is 0 Å². The molecule has 0 spiro atoms. The number of nitrogen functional groups attached to an aromatic ring is 1. The first-order valence-corrected chi connectivity index (χ1v) is 42.5. The Kier molecular flexibility index (Phi) is 38.9. The molecule has 3 fully saturated rings. The summed E-state index contributed by atoms with van der Waals surface area (Å²) in [5, 5.41) is 34.7. The molecule has 630 valence electrons. The molecular formula is C82H96N14NaO20P2S+. The molecule has 12 rings (SSSR count). The number of hydrogen-bond acceptors (Lipinski definition) is 31. The molecule has 3 aromatic heterocycles. The molecule has 38 heteroatoms. The molecule has 34 nitrogen and oxygen atoms in total. The zero-order valence-corrected chi connectivity index (χ0v) is 72.6. The third-order valence-electron chi connectivity index (χ3n) is 16.8. The van der Waals surface area contributed by atoms with Crippen molar-refractivity contribution in [2.75, 3.05) is 159 Å². The van der Waals surface area contributed by atoms with Gasteiger partial charge in [0.1, 0.15) is 113 Å². The van der Waals surface area contributed by atoms with Crippen LogP contribution in [0, 0.1) is 43.1 Å². The maximum Gasteiger partial charge on any atom is 1.00 e. The molecule has 3 aliphatic heterocycles. The number of carboxylic acids is 1. The van der Waals surface area contributed by atoms with Gasteiger partial charge in [0.2, 0.25) is 19.2 Å². The Labute approximate surface area is 719 Å². The number of likely N-dealkylation sites (N-methyl/N-ethyl adjacent to an activating group) is 2. The van der Waals surface area contributed by atoms with E-state index in [9.17, 15) is 36.5 Å². The maximum atomic E-state index is 13.0. The summed E-state index contributed by atoms with van der Waals surface area (Å²) in [6.45, 7) is 9.54. The topological polar surface area (TPSA) is 445 Å². The Morgan fingerprint density at radius 1 is 0.667 bits per heavy atom. The molecule has 9 N–H and O–H groups in total. The van der Waals surface area contributed by atoms with Gasteiger partial charge in [-0.15, -0.1) is 12.8 Å². The van der Waals surface area contributed by atoms with Gasteiger partial charge in [0.05, 0.1) is 99.2 Å². The van der Waals surface area contributed by atoms with Gasteiger partial charge in [-0.1, -0.05) is 36.5 Å². The van der Waals surface area contributed by atoms with Gasteiger partial charge in [0.15, 0.2) is 17.0 Å². The number of terminal acetylenes is 3. The first-order chi connectivity index (χ1) is 57.0. The summed E-state index contributed by atoms with van der Waals surface area (Å²) >= 11 is 0. The Morgan fingerprint density at radius 3 is 1.57 bits per heavy atom. The zero-order chi connectivity index (χ0) is 86.1. The average molecular weight is 1710 g/mol. The van der Waals surface area contributed by atoms with Crippen LogP contribution in [0.3, 0.4) is 0 Å². The molecule has 0 saturated carbocycles. The van der Waals surface area contributed by atoms with Crippen LogP contribution in [0.25, 0.3) is 32.7 Å². The number of hydrogen-bond donors (Lipinski definition) is 8. The molecule has 2 amide bonds. The number of rotatable bonds is 32. The zero-order valence-electron chi connectivity index (χ0n) is 68.0. The number of aromatic nitrogens is 6. The van der Waals surface area contributed by atoms with Crippen LogP contribution in [-0.4, -0.2) is 231 Å². The second-order valence-electron chi connectivity index (χ2n) is 26.8. The van der Waals surface area contributed by atoms with Gasteiger partial charge in [0, 0.05) is 114 Å². The summed E-state index contributed by atoms with van der Waals surface area (Å²) in [5.41, 5.74) is 12.4. The van der Waals surface area contributed by atoms with E-state index in [1.165, 1.54) is 37.1 Å². The van der Waals surface area contributed by atoms with Crippen LogP contribution >= 0.6 is 15.0 Å². The first kappa shape index (κ1) is 96.8. The van der Waals surface area contributed by atoms with E-state index in [2.05, 4.69) is 80.3 Å². The molecular weight excluding hydrogens is 1620 g/mol. The number of carboxylic acid groups (broad SMARTS) is 1. The normalized spacial score (nSPS) is 16.0. The van der Waals surface area contributed by atoms with Crippen molar-refractivity contribution in [1.29, 1.82) is 0 Å². The fourth-order valence-corrected chi connectivity index (χ4v) is 14.9. The monoisotopic (exact) mass is 1710 g/mol. The van der Waals surface area contributed by atoms with E-state index < -0.39 is 48.6 Å². The molecule has 8 aromatic rings. The van der Waals surface area contributed by atoms with Gasteiger partial charge >= 0.3 is 43.1 Å². The second-order valence-corrected chi connectivity index (χ2v) is 32.9. The summed E-state index contributed by atoms with van der Waals surface area (Å²) in [4.78, 5) is 65.5. The number of aliphatic hydroxyl groups is 1. The summed E-state index contributed by atoms with van der Waals surface area (Å²) in [6.07, 6.45) is 33.6. The molecule has 0 bridgehead atoms. The van der Waals surface area contributed by atoms with Gasteiger partial charge < -0.3 is 98.3 Å². The number of amides is 2. The van der Waals surface area contributed by atoms with E-state index in [0.29, 0.717) is 126 Å². The molecule has 3 saturated heterocycles. The molecule has 1 aliphatic carbocycles. The van der Waals surface area contributed by atoms with E-state index in [0.717, 1.165) is 58.1 Å². The number of nitrogens with one attached hydrogen (secondary N) is 5. The SMILES string of the molecule is C#CC1=CC(Nc2ncnc3cc(OC4CCOC4)c(NC(=O)CP(=O)(COC)OCC)cc23)=C[C+]=C1.C#Cc1cccc(Nc2ncnc3cc(OC4CCOC4)c(N)cc23)c1.C#Cc1cccc(Nc2ncnc3cc(O[C@H]4CCOC4)c(NC(=O)/C=C/CN(C)C)cc23)c1.CCOP(=O)(CC(=O)O)OCC.CN(C)CC(O)S(=O)(=O)[O-].[Na+]. The molecule has 6 heterocycles. The Bertz CT molecular complexity index is 5300. The number of aliphatic carboxylic acids is 1. The van der Waals surface area contributed by atoms with Crippen molar-refractivity contribution in [3.63, 3.8) is 0 Å². The van der Waals surface area contributed by atoms with Crippen molar-refractivity contribution in [3.8, 4) is 54.3 Å². The number of benzene rings is 5. The number of carbonyl (C=O) groups excluding carboxylic acids is 2. The molecule has 120 heavy (non-hydrogen) atoms. The van der Waals surface area contributed by atoms with E-state index in [-0.39, 0.29) is 92.7 Å². The number of ether oxygens (including phenoxy) is 7. The van der Waals surface area contributed by atoms with E-state index >= 15 is 0 Å². The maximum absolute atomic E-state index is 13.0. The van der Waals surface area contributed by atoms with Crippen molar-refractivity contribution in [2.45, 2.75) is 63.8 Å². The van der Waals surface area contributed by atoms with Gasteiger partial charge in [-0.25, -0.2) is 38.3 Å². The number of fused-ring (bicyclic) bond motifs is 3. The first-order valence-electron chi connectivity index (χ1n) is 37.3. The van der Waals surface area contributed by atoms with Crippen molar-refractivity contribution < 1.29 is 123 Å². The molecule has 5 atom stereocenters. The number of nitrogens with zero attached hydrogens (tertiary/aromatic N) is 8. The minimum absolute atomic E-state index is 0. The summed E-state index contributed by atoms with van der Waals surface area (Å²) in [6, 6.07) is 25.8. The van der Waals surface area contributed by atoms with Crippen molar-refractivity contribution >= 4 is 121 Å². The van der Waals surface area contributed by atoms with Crippen LogP contribution in [0.5, 0.6) is 17.2 Å². The molecule has 4 aliphatic rings. The molecule has 4 unspecified atom stereocenters.